The molecule has 2 rings (SSSR count). The summed E-state index contributed by atoms with van der Waals surface area (Å²) in [6.07, 6.45) is 4.46. The van der Waals surface area contributed by atoms with E-state index in [2.05, 4.69) is 10.3 Å². The number of para-hydroxylation sites is 1. The summed E-state index contributed by atoms with van der Waals surface area (Å²) in [6.45, 7) is 3.34. The van der Waals surface area contributed by atoms with E-state index in [0.717, 1.165) is 18.5 Å². The highest BCUT2D eigenvalue weighted by Gasteiger charge is 2.08. The highest BCUT2D eigenvalue weighted by atomic mass is 19.1. The molecule has 0 saturated carbocycles. The molecule has 0 saturated heterocycles. The molecule has 0 bridgehead atoms. The van der Waals surface area contributed by atoms with Gasteiger partial charge in [-0.15, -0.1) is 0 Å². The Morgan fingerprint density at radius 2 is 2.26 bits per heavy atom. The number of hydrogen-bond acceptors (Lipinski definition) is 3. The lowest BCUT2D eigenvalue weighted by Gasteiger charge is -2.12. The predicted octanol–water partition coefficient (Wildman–Crippen LogP) is 3.11. The van der Waals surface area contributed by atoms with Crippen molar-refractivity contribution in [3.8, 4) is 0 Å². The van der Waals surface area contributed by atoms with Gasteiger partial charge in [0, 0.05) is 32.7 Å². The van der Waals surface area contributed by atoms with Crippen LogP contribution in [0.15, 0.2) is 30.6 Å². The van der Waals surface area contributed by atoms with E-state index in [1.807, 2.05) is 23.8 Å². The third-order valence-electron chi connectivity index (χ3n) is 2.92. The molecule has 0 unspecified atom stereocenters. The first kappa shape index (κ1) is 13.5. The van der Waals surface area contributed by atoms with Gasteiger partial charge < -0.3 is 14.6 Å². The average Bonchev–Trinajstić information content (AvgIpc) is 2.82. The van der Waals surface area contributed by atoms with Crippen molar-refractivity contribution in [3.63, 3.8) is 0 Å². The minimum atomic E-state index is -0.272. The fourth-order valence-corrected chi connectivity index (χ4v) is 1.89. The monoisotopic (exact) mass is 263 g/mol. The first-order valence-electron chi connectivity index (χ1n) is 6.24. The average molecular weight is 263 g/mol. The Bertz CT molecular complexity index is 519. The van der Waals surface area contributed by atoms with Gasteiger partial charge in [0.25, 0.3) is 0 Å². The number of halogens is 1. The van der Waals surface area contributed by atoms with E-state index in [4.69, 9.17) is 4.74 Å². The van der Waals surface area contributed by atoms with Gasteiger partial charge >= 0.3 is 0 Å². The lowest BCUT2D eigenvalue weighted by Crippen LogP contribution is -2.07. The molecular formula is C14H18FN3O. The number of nitrogens with zero attached hydrogens (tertiary/aromatic N) is 2. The Morgan fingerprint density at radius 1 is 1.42 bits per heavy atom. The van der Waals surface area contributed by atoms with Gasteiger partial charge in [-0.25, -0.2) is 9.37 Å². The number of aromatic nitrogens is 2. The summed E-state index contributed by atoms with van der Waals surface area (Å²) in [5.41, 5.74) is 1.33. The van der Waals surface area contributed by atoms with Crippen LogP contribution in [0.2, 0.25) is 0 Å². The molecule has 0 spiro atoms. The smallest absolute Gasteiger partial charge is 0.207 e. The highest BCUT2D eigenvalue weighted by molar-refractivity contribution is 5.59. The Balaban J connectivity index is 2.13. The zero-order valence-corrected chi connectivity index (χ0v) is 11.2. The number of nitrogens with one attached hydrogen (secondary N) is 1. The third-order valence-corrected chi connectivity index (χ3v) is 2.92. The van der Waals surface area contributed by atoms with Gasteiger partial charge in [-0.1, -0.05) is 12.1 Å². The normalized spacial score (nSPS) is 10.7. The second-order valence-corrected chi connectivity index (χ2v) is 4.35. The zero-order chi connectivity index (χ0) is 13.7. The Hall–Kier alpha value is -1.88. The molecule has 0 aliphatic rings. The lowest BCUT2D eigenvalue weighted by molar-refractivity contribution is 0.190. The van der Waals surface area contributed by atoms with Gasteiger partial charge in [0.15, 0.2) is 0 Å². The van der Waals surface area contributed by atoms with E-state index in [9.17, 15) is 4.39 Å². The van der Waals surface area contributed by atoms with Crippen molar-refractivity contribution in [2.75, 3.05) is 19.0 Å². The van der Waals surface area contributed by atoms with Crippen LogP contribution in [0.5, 0.6) is 0 Å². The summed E-state index contributed by atoms with van der Waals surface area (Å²) in [4.78, 5) is 4.22. The highest BCUT2D eigenvalue weighted by Crippen LogP contribution is 2.22. The molecule has 2 aromatic rings. The van der Waals surface area contributed by atoms with E-state index < -0.39 is 0 Å². The summed E-state index contributed by atoms with van der Waals surface area (Å²) >= 11 is 0. The number of hydrogen-bond donors (Lipinski definition) is 1. The van der Waals surface area contributed by atoms with Crippen LogP contribution in [0.3, 0.4) is 0 Å². The van der Waals surface area contributed by atoms with Crippen molar-refractivity contribution in [1.29, 1.82) is 0 Å². The quantitative estimate of drug-likeness (QED) is 0.814. The number of imidazole rings is 1. The van der Waals surface area contributed by atoms with Crippen molar-refractivity contribution in [1.82, 2.24) is 9.55 Å². The number of rotatable bonds is 6. The van der Waals surface area contributed by atoms with Crippen LogP contribution in [0.4, 0.5) is 16.0 Å². The number of benzene rings is 1. The molecule has 0 amide bonds. The van der Waals surface area contributed by atoms with Crippen LogP contribution in [0, 0.1) is 12.7 Å². The van der Waals surface area contributed by atoms with E-state index in [0.29, 0.717) is 18.2 Å². The second-order valence-electron chi connectivity index (χ2n) is 4.35. The largest absolute Gasteiger partial charge is 0.385 e. The first-order chi connectivity index (χ1) is 9.22. The Morgan fingerprint density at radius 3 is 3.00 bits per heavy atom. The SMILES string of the molecule is COCCCn1ccnc1Nc1c(C)cccc1F. The van der Waals surface area contributed by atoms with Crippen molar-refractivity contribution in [2.24, 2.45) is 0 Å². The Labute approximate surface area is 112 Å². The zero-order valence-electron chi connectivity index (χ0n) is 11.2. The standard InChI is InChI=1S/C14H18FN3O/c1-11-5-3-6-12(15)13(11)17-14-16-7-9-18(14)8-4-10-19-2/h3,5-7,9H,4,8,10H2,1-2H3,(H,16,17). The molecule has 1 N–H and O–H groups in total. The second kappa shape index (κ2) is 6.33. The molecule has 102 valence electrons. The van der Waals surface area contributed by atoms with Gasteiger partial charge in [-0.05, 0) is 25.0 Å². The molecule has 0 atom stereocenters. The van der Waals surface area contributed by atoms with E-state index in [1.165, 1.54) is 6.07 Å². The molecule has 1 aromatic heterocycles. The van der Waals surface area contributed by atoms with E-state index >= 15 is 0 Å². The van der Waals surface area contributed by atoms with Gasteiger partial charge in [0.05, 0.1) is 5.69 Å². The molecular weight excluding hydrogens is 245 g/mol. The van der Waals surface area contributed by atoms with Crippen LogP contribution in [0.1, 0.15) is 12.0 Å². The summed E-state index contributed by atoms with van der Waals surface area (Å²) in [5.74, 6) is 0.371. The third kappa shape index (κ3) is 3.32. The molecule has 1 aromatic carbocycles. The summed E-state index contributed by atoms with van der Waals surface area (Å²) in [6, 6.07) is 5.00. The summed E-state index contributed by atoms with van der Waals surface area (Å²) in [5, 5.41) is 3.05. The maximum absolute atomic E-state index is 13.8. The van der Waals surface area contributed by atoms with Crippen LogP contribution in [0.25, 0.3) is 0 Å². The molecule has 0 radical (unpaired) electrons. The van der Waals surface area contributed by atoms with Crippen LogP contribution >= 0.6 is 0 Å². The van der Waals surface area contributed by atoms with Crippen molar-refractivity contribution in [2.45, 2.75) is 19.9 Å². The van der Waals surface area contributed by atoms with Crippen molar-refractivity contribution < 1.29 is 9.13 Å². The maximum atomic E-state index is 13.8. The minimum Gasteiger partial charge on any atom is -0.385 e. The van der Waals surface area contributed by atoms with Crippen LogP contribution < -0.4 is 5.32 Å². The van der Waals surface area contributed by atoms with E-state index in [1.54, 1.807) is 19.4 Å². The lowest BCUT2D eigenvalue weighted by atomic mass is 10.2. The van der Waals surface area contributed by atoms with Crippen LogP contribution in [-0.2, 0) is 11.3 Å². The molecule has 0 aliphatic carbocycles. The van der Waals surface area contributed by atoms with Gasteiger partial charge in [0.1, 0.15) is 5.82 Å². The topological polar surface area (TPSA) is 39.1 Å². The first-order valence-corrected chi connectivity index (χ1v) is 6.24. The summed E-state index contributed by atoms with van der Waals surface area (Å²) in [7, 11) is 1.68. The predicted molar refractivity (Wildman–Crippen MR) is 73.1 cm³/mol. The number of methoxy groups -OCH3 is 1. The minimum absolute atomic E-state index is 0.272. The number of aryl methyl sites for hydroxylation is 2. The fraction of sp³-hybridized carbons (Fsp3) is 0.357. The molecule has 4 nitrogen and oxygen atoms in total. The molecule has 1 heterocycles. The molecule has 0 aliphatic heterocycles. The molecule has 5 heteroatoms. The molecule has 0 fully saturated rings. The van der Waals surface area contributed by atoms with Gasteiger partial charge in [-0.2, -0.15) is 0 Å². The fourth-order valence-electron chi connectivity index (χ4n) is 1.89. The van der Waals surface area contributed by atoms with Crippen LogP contribution in [-0.4, -0.2) is 23.3 Å². The molecule has 19 heavy (non-hydrogen) atoms. The Kier molecular flexibility index (Phi) is 4.52. The van der Waals surface area contributed by atoms with E-state index in [-0.39, 0.29) is 5.82 Å². The maximum Gasteiger partial charge on any atom is 0.207 e. The van der Waals surface area contributed by atoms with Crippen molar-refractivity contribution >= 4 is 11.6 Å². The number of ether oxygens (including phenoxy) is 1. The number of anilines is 2. The van der Waals surface area contributed by atoms with Crippen molar-refractivity contribution in [3.05, 3.63) is 42.0 Å². The van der Waals surface area contributed by atoms with Gasteiger partial charge in [-0.3, -0.25) is 0 Å². The summed E-state index contributed by atoms with van der Waals surface area (Å²) < 4.78 is 20.7. The van der Waals surface area contributed by atoms with Gasteiger partial charge in [0.2, 0.25) is 5.95 Å².